The Morgan fingerprint density at radius 1 is 0.552 bits per heavy atom. The van der Waals surface area contributed by atoms with E-state index in [-0.39, 0.29) is 10.9 Å². The molecule has 142 valence electrons. The van der Waals surface area contributed by atoms with E-state index >= 15 is 0 Å². The molecule has 0 radical (unpaired) electrons. The molecule has 5 rings (SSSR count). The minimum atomic E-state index is -3.51. The molecular weight excluding hydrogens is 416 g/mol. The molecule has 0 atom stereocenters. The molecule has 29 heavy (non-hydrogen) atoms. The van der Waals surface area contributed by atoms with Gasteiger partial charge in [0.05, 0.1) is 19.6 Å². The first-order chi connectivity index (χ1) is 14.1. The Balaban J connectivity index is 1.60. The Morgan fingerprint density at radius 3 is 1.62 bits per heavy atom. The molecule has 0 spiro atoms. The van der Waals surface area contributed by atoms with Gasteiger partial charge in [0.2, 0.25) is 9.84 Å². The van der Waals surface area contributed by atoms with Crippen LogP contribution in [0, 0.1) is 0 Å². The summed E-state index contributed by atoms with van der Waals surface area (Å²) >= 11 is 1.80. The van der Waals surface area contributed by atoms with Gasteiger partial charge in [0.25, 0.3) is 0 Å². The van der Waals surface area contributed by atoms with Gasteiger partial charge in [0.15, 0.2) is 14.7 Å². The highest BCUT2D eigenvalue weighted by Gasteiger charge is 2.37. The summed E-state index contributed by atoms with van der Waals surface area (Å²) in [6.07, 6.45) is 0. The molecule has 0 unspecified atom stereocenters. The van der Waals surface area contributed by atoms with E-state index in [0.717, 1.165) is 4.90 Å². The van der Waals surface area contributed by atoms with Crippen molar-refractivity contribution in [2.75, 3.05) is 0 Å². The maximum atomic E-state index is 12.9. The predicted molar refractivity (Wildman–Crippen MR) is 118 cm³/mol. The average Bonchev–Trinajstić information content (AvgIpc) is 2.78. The summed E-state index contributed by atoms with van der Waals surface area (Å²) < 4.78 is 25.8. The van der Waals surface area contributed by atoms with E-state index in [0.29, 0.717) is 9.79 Å². The van der Waals surface area contributed by atoms with Crippen molar-refractivity contribution in [3.63, 3.8) is 0 Å². The highest BCUT2D eigenvalue weighted by Crippen LogP contribution is 2.48. The van der Waals surface area contributed by atoms with Crippen molar-refractivity contribution in [3.8, 4) is 0 Å². The second-order valence-electron chi connectivity index (χ2n) is 6.59. The normalized spacial score (nSPS) is 13.5. The molecular formula is C24H17O2S3+. The summed E-state index contributed by atoms with van der Waals surface area (Å²) in [6, 6.07) is 32.9. The van der Waals surface area contributed by atoms with E-state index in [1.54, 1.807) is 48.2 Å². The van der Waals surface area contributed by atoms with Crippen LogP contribution in [0.25, 0.3) is 0 Å². The standard InChI is InChI=1S/C24H17O2S3/c25-29(26,19-8-2-1-3-9-19)20-16-14-18(15-17-20)28-23-12-6-4-10-21(23)27-22-11-5-7-13-24(22)28/h1-17H/q+1. The van der Waals surface area contributed by atoms with E-state index in [1.165, 1.54) is 19.6 Å². The van der Waals surface area contributed by atoms with Crippen LogP contribution in [0.1, 0.15) is 0 Å². The SMILES string of the molecule is O=S(=O)(c1ccccc1)c1ccc([S+]2c3ccccc3Sc3ccccc32)cc1. The van der Waals surface area contributed by atoms with Crippen molar-refractivity contribution >= 4 is 32.5 Å². The van der Waals surface area contributed by atoms with Crippen LogP contribution in [0.15, 0.2) is 137 Å². The van der Waals surface area contributed by atoms with Crippen LogP contribution in [0.4, 0.5) is 0 Å². The second kappa shape index (κ2) is 7.41. The van der Waals surface area contributed by atoms with E-state index in [4.69, 9.17) is 0 Å². The zero-order chi connectivity index (χ0) is 19.8. The third-order valence-electron chi connectivity index (χ3n) is 4.78. The van der Waals surface area contributed by atoms with Crippen LogP contribution in [-0.2, 0) is 20.7 Å². The van der Waals surface area contributed by atoms with Crippen molar-refractivity contribution in [1.82, 2.24) is 0 Å². The predicted octanol–water partition coefficient (Wildman–Crippen LogP) is 6.08. The summed E-state index contributed by atoms with van der Waals surface area (Å²) in [5.41, 5.74) is 0. The lowest BCUT2D eigenvalue weighted by atomic mass is 10.3. The lowest BCUT2D eigenvalue weighted by molar-refractivity contribution is 0.596. The van der Waals surface area contributed by atoms with Gasteiger partial charge in [-0.05, 0) is 60.7 Å². The van der Waals surface area contributed by atoms with Crippen LogP contribution in [0.3, 0.4) is 0 Å². The minimum absolute atomic E-state index is 0.253. The van der Waals surface area contributed by atoms with Gasteiger partial charge in [-0.2, -0.15) is 0 Å². The average molecular weight is 434 g/mol. The van der Waals surface area contributed by atoms with Crippen molar-refractivity contribution in [3.05, 3.63) is 103 Å². The summed E-state index contributed by atoms with van der Waals surface area (Å²) in [7, 11) is -3.76. The number of hydrogen-bond donors (Lipinski definition) is 0. The van der Waals surface area contributed by atoms with Gasteiger partial charge in [-0.25, -0.2) is 8.42 Å². The third-order valence-corrected chi connectivity index (χ3v) is 10.3. The van der Waals surface area contributed by atoms with Gasteiger partial charge in [-0.15, -0.1) is 0 Å². The van der Waals surface area contributed by atoms with Crippen molar-refractivity contribution in [1.29, 1.82) is 0 Å². The smallest absolute Gasteiger partial charge is 0.206 e. The molecule has 1 aliphatic rings. The summed E-state index contributed by atoms with van der Waals surface area (Å²) in [5, 5.41) is 0. The molecule has 1 aliphatic heterocycles. The second-order valence-corrected chi connectivity index (χ2v) is 11.6. The van der Waals surface area contributed by atoms with Crippen molar-refractivity contribution < 1.29 is 8.42 Å². The molecule has 0 saturated heterocycles. The van der Waals surface area contributed by atoms with E-state index in [2.05, 4.69) is 48.5 Å². The monoisotopic (exact) mass is 433 g/mol. The number of hydrogen-bond acceptors (Lipinski definition) is 3. The maximum Gasteiger partial charge on any atom is 0.206 e. The van der Waals surface area contributed by atoms with Crippen molar-refractivity contribution in [2.45, 2.75) is 34.3 Å². The molecule has 0 bridgehead atoms. The number of benzene rings is 4. The lowest BCUT2D eigenvalue weighted by Gasteiger charge is -2.18. The first-order valence-corrected chi connectivity index (χ1v) is 12.7. The zero-order valence-corrected chi connectivity index (χ0v) is 17.8. The first kappa shape index (κ1) is 18.6. The Hall–Kier alpha value is -2.47. The molecule has 4 aromatic carbocycles. The van der Waals surface area contributed by atoms with Gasteiger partial charge in [-0.3, -0.25) is 0 Å². The Kier molecular flexibility index (Phi) is 4.74. The Labute approximate surface area is 177 Å². The highest BCUT2D eigenvalue weighted by molar-refractivity contribution is 8.04. The molecule has 2 nitrogen and oxygen atoms in total. The quantitative estimate of drug-likeness (QED) is 0.323. The summed E-state index contributed by atoms with van der Waals surface area (Å²) in [4.78, 5) is 6.86. The topological polar surface area (TPSA) is 34.1 Å². The summed E-state index contributed by atoms with van der Waals surface area (Å²) in [6.45, 7) is 0. The fraction of sp³-hybridized carbons (Fsp3) is 0. The molecule has 4 aromatic rings. The number of sulfone groups is 1. The van der Waals surface area contributed by atoms with Crippen LogP contribution in [0.2, 0.25) is 0 Å². The molecule has 5 heteroatoms. The zero-order valence-electron chi connectivity index (χ0n) is 15.4. The number of rotatable bonds is 3. The van der Waals surface area contributed by atoms with Crippen LogP contribution in [0.5, 0.6) is 0 Å². The maximum absolute atomic E-state index is 12.9. The fourth-order valence-electron chi connectivity index (χ4n) is 3.39. The molecule has 0 saturated carbocycles. The largest absolute Gasteiger partial charge is 0.219 e. The van der Waals surface area contributed by atoms with Crippen LogP contribution < -0.4 is 0 Å². The third kappa shape index (κ3) is 3.29. The van der Waals surface area contributed by atoms with E-state index < -0.39 is 9.84 Å². The Bertz CT molecular complexity index is 1240. The van der Waals surface area contributed by atoms with Crippen LogP contribution >= 0.6 is 11.8 Å². The first-order valence-electron chi connectivity index (χ1n) is 9.15. The van der Waals surface area contributed by atoms with Crippen molar-refractivity contribution in [2.24, 2.45) is 0 Å². The van der Waals surface area contributed by atoms with Crippen LogP contribution in [-0.4, -0.2) is 8.42 Å². The van der Waals surface area contributed by atoms with Gasteiger partial charge in [0, 0.05) is 0 Å². The number of fused-ring (bicyclic) bond motifs is 2. The molecule has 0 aliphatic carbocycles. The lowest BCUT2D eigenvalue weighted by Crippen LogP contribution is -2.11. The van der Waals surface area contributed by atoms with E-state index in [9.17, 15) is 8.42 Å². The van der Waals surface area contributed by atoms with Gasteiger partial charge < -0.3 is 0 Å². The molecule has 0 amide bonds. The molecule has 1 heterocycles. The van der Waals surface area contributed by atoms with Gasteiger partial charge in [-0.1, -0.05) is 54.2 Å². The minimum Gasteiger partial charge on any atom is -0.219 e. The molecule has 0 fully saturated rings. The van der Waals surface area contributed by atoms with Gasteiger partial charge >= 0.3 is 0 Å². The van der Waals surface area contributed by atoms with Gasteiger partial charge in [0.1, 0.15) is 10.9 Å². The van der Waals surface area contributed by atoms with E-state index in [1.807, 2.05) is 18.2 Å². The molecule has 0 N–H and O–H groups in total. The highest BCUT2D eigenvalue weighted by atomic mass is 32.2. The molecule has 0 aromatic heterocycles. The summed E-state index contributed by atoms with van der Waals surface area (Å²) in [5.74, 6) is 0. The fourth-order valence-corrected chi connectivity index (χ4v) is 8.41. The Morgan fingerprint density at radius 2 is 1.03 bits per heavy atom.